The fourth-order valence-electron chi connectivity index (χ4n) is 2.13. The molecule has 0 N–H and O–H groups in total. The summed E-state index contributed by atoms with van der Waals surface area (Å²) >= 11 is 0. The number of nitrogens with zero attached hydrogens (tertiary/aromatic N) is 3. The van der Waals surface area contributed by atoms with Crippen molar-refractivity contribution in [1.82, 2.24) is 4.90 Å². The first-order valence-corrected chi connectivity index (χ1v) is 8.62. The lowest BCUT2D eigenvalue weighted by atomic mass is 10.2. The summed E-state index contributed by atoms with van der Waals surface area (Å²) in [6, 6.07) is 17.1. The van der Waals surface area contributed by atoms with Gasteiger partial charge in [0.25, 0.3) is 10.0 Å². The highest BCUT2D eigenvalue weighted by molar-refractivity contribution is 7.92. The Morgan fingerprint density at radius 2 is 1.70 bits per heavy atom. The van der Waals surface area contributed by atoms with Crippen molar-refractivity contribution >= 4 is 15.7 Å². The largest absolute Gasteiger partial charge is 0.308 e. The number of benzene rings is 2. The zero-order valence-electron chi connectivity index (χ0n) is 13.2. The molecule has 23 heavy (non-hydrogen) atoms. The molecule has 6 heteroatoms. The van der Waals surface area contributed by atoms with Gasteiger partial charge in [-0.15, -0.1) is 0 Å². The molecule has 0 spiro atoms. The van der Waals surface area contributed by atoms with E-state index < -0.39 is 10.0 Å². The van der Waals surface area contributed by atoms with Gasteiger partial charge in [0, 0.05) is 13.1 Å². The Bertz CT molecular complexity index is 796. The summed E-state index contributed by atoms with van der Waals surface area (Å²) in [5.41, 5.74) is 0.934. The lowest BCUT2D eigenvalue weighted by Gasteiger charge is -2.26. The average Bonchev–Trinajstić information content (AvgIpc) is 2.55. The molecule has 0 unspecified atom stereocenters. The number of rotatable bonds is 6. The molecular weight excluding hydrogens is 310 g/mol. The molecule has 0 saturated carbocycles. The van der Waals surface area contributed by atoms with Crippen molar-refractivity contribution in [1.29, 1.82) is 5.26 Å². The van der Waals surface area contributed by atoms with Crippen molar-refractivity contribution in [3.8, 4) is 6.07 Å². The summed E-state index contributed by atoms with van der Waals surface area (Å²) in [5, 5.41) is 8.99. The number of hydrogen-bond donors (Lipinski definition) is 0. The highest BCUT2D eigenvalue weighted by atomic mass is 32.2. The second-order valence-corrected chi connectivity index (χ2v) is 7.22. The third-order valence-electron chi connectivity index (χ3n) is 3.35. The van der Waals surface area contributed by atoms with E-state index in [0.717, 1.165) is 0 Å². The van der Waals surface area contributed by atoms with Crippen LogP contribution in [0.25, 0.3) is 0 Å². The van der Waals surface area contributed by atoms with Crippen LogP contribution in [0.1, 0.15) is 5.56 Å². The number of para-hydroxylation sites is 1. The summed E-state index contributed by atoms with van der Waals surface area (Å²) in [7, 11) is 0.0630. The van der Waals surface area contributed by atoms with Crippen LogP contribution in [-0.4, -0.2) is 40.5 Å². The number of sulfonamides is 1. The normalized spacial score (nSPS) is 11.2. The Kier molecular flexibility index (Phi) is 5.37. The number of nitriles is 1. The predicted molar refractivity (Wildman–Crippen MR) is 90.7 cm³/mol. The number of anilines is 1. The summed E-state index contributed by atoms with van der Waals surface area (Å²) in [6.45, 7) is 0.919. The van der Waals surface area contributed by atoms with Crippen molar-refractivity contribution in [3.63, 3.8) is 0 Å². The molecule has 0 heterocycles. The zero-order chi connectivity index (χ0) is 16.9. The summed E-state index contributed by atoms with van der Waals surface area (Å²) in [4.78, 5) is 2.05. The zero-order valence-corrected chi connectivity index (χ0v) is 14.0. The highest BCUT2D eigenvalue weighted by Crippen LogP contribution is 2.23. The molecule has 0 saturated heterocycles. The van der Waals surface area contributed by atoms with Gasteiger partial charge in [0.05, 0.1) is 22.2 Å². The Hall–Kier alpha value is -2.36. The maximum absolute atomic E-state index is 13.0. The van der Waals surface area contributed by atoms with Crippen LogP contribution in [0.4, 0.5) is 5.69 Å². The van der Waals surface area contributed by atoms with Gasteiger partial charge < -0.3 is 4.90 Å². The molecule has 120 valence electrons. The molecule has 2 rings (SSSR count). The van der Waals surface area contributed by atoms with Crippen LogP contribution in [0, 0.1) is 11.3 Å². The van der Waals surface area contributed by atoms with Crippen LogP contribution in [-0.2, 0) is 10.0 Å². The Morgan fingerprint density at radius 3 is 2.30 bits per heavy atom. The maximum atomic E-state index is 13.0. The van der Waals surface area contributed by atoms with Crippen LogP contribution in [0.15, 0.2) is 59.5 Å². The van der Waals surface area contributed by atoms with Crippen molar-refractivity contribution in [2.75, 3.05) is 31.5 Å². The minimum atomic E-state index is -3.73. The van der Waals surface area contributed by atoms with Crippen LogP contribution >= 0.6 is 0 Å². The molecule has 0 amide bonds. The fourth-order valence-corrected chi connectivity index (χ4v) is 3.63. The molecular formula is C17H19N3O2S. The van der Waals surface area contributed by atoms with Crippen LogP contribution < -0.4 is 4.31 Å². The molecule has 0 fully saturated rings. The van der Waals surface area contributed by atoms with Gasteiger partial charge in [-0.2, -0.15) is 5.26 Å². The first kappa shape index (κ1) is 17.0. The second kappa shape index (κ2) is 7.27. The molecule has 0 radical (unpaired) electrons. The molecule has 0 bridgehead atoms. The van der Waals surface area contributed by atoms with E-state index in [-0.39, 0.29) is 4.90 Å². The van der Waals surface area contributed by atoms with Crippen LogP contribution in [0.2, 0.25) is 0 Å². The fraction of sp³-hybridized carbons (Fsp3) is 0.235. The van der Waals surface area contributed by atoms with Crippen molar-refractivity contribution in [2.45, 2.75) is 4.90 Å². The van der Waals surface area contributed by atoms with Crippen LogP contribution in [0.3, 0.4) is 0 Å². The minimum Gasteiger partial charge on any atom is -0.308 e. The number of hydrogen-bond acceptors (Lipinski definition) is 4. The topological polar surface area (TPSA) is 64.4 Å². The second-order valence-electron chi connectivity index (χ2n) is 5.36. The third kappa shape index (κ3) is 4.09. The Labute approximate surface area is 137 Å². The SMILES string of the molecule is CN(C)CCN(c1ccccc1)S(=O)(=O)c1cccc(C#N)c1. The monoisotopic (exact) mass is 329 g/mol. The summed E-state index contributed by atoms with van der Waals surface area (Å²) in [5.74, 6) is 0. The third-order valence-corrected chi connectivity index (χ3v) is 5.17. The van der Waals surface area contributed by atoms with Gasteiger partial charge in [-0.25, -0.2) is 8.42 Å². The van der Waals surface area contributed by atoms with Gasteiger partial charge in [0.1, 0.15) is 0 Å². The van der Waals surface area contributed by atoms with Gasteiger partial charge >= 0.3 is 0 Å². The van der Waals surface area contributed by atoms with E-state index in [2.05, 4.69) is 0 Å². The average molecular weight is 329 g/mol. The molecule has 2 aromatic carbocycles. The molecule has 0 aliphatic carbocycles. The molecule has 0 aliphatic rings. The summed E-state index contributed by atoms with van der Waals surface area (Å²) in [6.07, 6.45) is 0. The van der Waals surface area contributed by atoms with Gasteiger partial charge in [-0.1, -0.05) is 24.3 Å². The van der Waals surface area contributed by atoms with Crippen molar-refractivity contribution < 1.29 is 8.42 Å². The summed E-state index contributed by atoms with van der Waals surface area (Å²) < 4.78 is 27.4. The Balaban J connectivity index is 2.46. The smallest absolute Gasteiger partial charge is 0.264 e. The quantitative estimate of drug-likeness (QED) is 0.816. The van der Waals surface area contributed by atoms with Gasteiger partial charge in [0.15, 0.2) is 0 Å². The van der Waals surface area contributed by atoms with Gasteiger partial charge in [-0.3, -0.25) is 4.31 Å². The van der Waals surface area contributed by atoms with E-state index in [1.807, 2.05) is 31.1 Å². The number of likely N-dealkylation sites (N-methyl/N-ethyl adjacent to an activating group) is 1. The standard InChI is InChI=1S/C17H19N3O2S/c1-19(2)11-12-20(16-8-4-3-5-9-16)23(21,22)17-10-6-7-15(13-17)14-18/h3-10,13H,11-12H2,1-2H3. The van der Waals surface area contributed by atoms with E-state index in [9.17, 15) is 8.42 Å². The lowest BCUT2D eigenvalue weighted by Crippen LogP contribution is -2.36. The van der Waals surface area contributed by atoms with Crippen LogP contribution in [0.5, 0.6) is 0 Å². The molecule has 0 aliphatic heterocycles. The van der Waals surface area contributed by atoms with E-state index in [1.54, 1.807) is 36.4 Å². The van der Waals surface area contributed by atoms with Crippen molar-refractivity contribution in [3.05, 3.63) is 60.2 Å². The predicted octanol–water partition coefficient (Wildman–Crippen LogP) is 2.32. The maximum Gasteiger partial charge on any atom is 0.264 e. The van der Waals surface area contributed by atoms with E-state index >= 15 is 0 Å². The van der Waals surface area contributed by atoms with Gasteiger partial charge in [0.2, 0.25) is 0 Å². The molecule has 5 nitrogen and oxygen atoms in total. The molecule has 0 atom stereocenters. The molecule has 2 aromatic rings. The highest BCUT2D eigenvalue weighted by Gasteiger charge is 2.25. The minimum absolute atomic E-state index is 0.124. The van der Waals surface area contributed by atoms with Crippen molar-refractivity contribution in [2.24, 2.45) is 0 Å². The van der Waals surface area contributed by atoms with E-state index in [1.165, 1.54) is 16.4 Å². The van der Waals surface area contributed by atoms with E-state index in [0.29, 0.717) is 24.3 Å². The molecule has 0 aromatic heterocycles. The van der Waals surface area contributed by atoms with Gasteiger partial charge in [-0.05, 0) is 44.4 Å². The Morgan fingerprint density at radius 1 is 1.00 bits per heavy atom. The first-order valence-electron chi connectivity index (χ1n) is 7.18. The lowest BCUT2D eigenvalue weighted by molar-refractivity contribution is 0.419. The van der Waals surface area contributed by atoms with E-state index in [4.69, 9.17) is 5.26 Å². The first-order chi connectivity index (χ1) is 10.9.